The van der Waals surface area contributed by atoms with Gasteiger partial charge in [-0.3, -0.25) is 14.2 Å². The van der Waals surface area contributed by atoms with Crippen LogP contribution in [0.1, 0.15) is 38.4 Å². The topological polar surface area (TPSA) is 152 Å². The molecular formula is C21H23N5O6S2. The third-order valence-electron chi connectivity index (χ3n) is 5.21. The highest BCUT2D eigenvalue weighted by Crippen LogP contribution is 2.34. The number of ether oxygens (including phenoxy) is 2. The van der Waals surface area contributed by atoms with E-state index in [0.717, 1.165) is 24.2 Å². The number of carbonyl (C=O) groups is 3. The zero-order chi connectivity index (χ0) is 24.2. The lowest BCUT2D eigenvalue weighted by Crippen LogP contribution is -2.18. The monoisotopic (exact) mass is 505 g/mol. The van der Waals surface area contributed by atoms with Crippen LogP contribution < -0.4 is 11.1 Å². The number of anilines is 1. The second-order valence-electron chi connectivity index (χ2n) is 7.48. The van der Waals surface area contributed by atoms with Gasteiger partial charge in [0.1, 0.15) is 5.00 Å². The summed E-state index contributed by atoms with van der Waals surface area (Å²) < 4.78 is 17.9. The van der Waals surface area contributed by atoms with Gasteiger partial charge in [-0.2, -0.15) is 0 Å². The zero-order valence-electron chi connectivity index (χ0n) is 18.5. The molecule has 4 rings (SSSR count). The van der Waals surface area contributed by atoms with Gasteiger partial charge in [0.2, 0.25) is 11.7 Å². The summed E-state index contributed by atoms with van der Waals surface area (Å²) in [6.45, 7) is 2.83. The number of primary amides is 1. The SMILES string of the molecule is COC(=O)c1c(NC(=O)CSc2nnc(-c3ccco3)n2C[C@H]2CCCO2)sc(C(N)=O)c1C. The van der Waals surface area contributed by atoms with Crippen LogP contribution in [0.4, 0.5) is 5.00 Å². The predicted molar refractivity (Wildman–Crippen MR) is 125 cm³/mol. The van der Waals surface area contributed by atoms with Gasteiger partial charge in [0.15, 0.2) is 10.9 Å². The Morgan fingerprint density at radius 1 is 1.38 bits per heavy atom. The van der Waals surface area contributed by atoms with Crippen molar-refractivity contribution >= 4 is 45.9 Å². The number of furan rings is 1. The molecule has 3 aromatic rings. The van der Waals surface area contributed by atoms with E-state index in [-0.39, 0.29) is 27.3 Å². The summed E-state index contributed by atoms with van der Waals surface area (Å²) in [6, 6.07) is 3.56. The van der Waals surface area contributed by atoms with Crippen molar-refractivity contribution in [2.75, 3.05) is 24.8 Å². The molecule has 1 saturated heterocycles. The van der Waals surface area contributed by atoms with E-state index in [1.807, 2.05) is 4.57 Å². The van der Waals surface area contributed by atoms with Gasteiger partial charge in [0, 0.05) is 6.61 Å². The van der Waals surface area contributed by atoms with E-state index < -0.39 is 17.8 Å². The molecule has 13 heteroatoms. The van der Waals surface area contributed by atoms with Crippen molar-refractivity contribution < 1.29 is 28.3 Å². The zero-order valence-corrected chi connectivity index (χ0v) is 20.2. The average molecular weight is 506 g/mol. The molecule has 1 fully saturated rings. The molecule has 2 amide bonds. The van der Waals surface area contributed by atoms with Crippen molar-refractivity contribution in [3.05, 3.63) is 34.4 Å². The van der Waals surface area contributed by atoms with E-state index in [4.69, 9.17) is 19.6 Å². The summed E-state index contributed by atoms with van der Waals surface area (Å²) in [5.74, 6) is -0.628. The first-order valence-electron chi connectivity index (χ1n) is 10.4. The standard InChI is InChI=1S/C21H23N5O6S2/c1-11-15(20(29)30-2)19(34-16(11)17(22)28)23-14(27)10-33-21-25-24-18(13-6-4-8-32-13)26(21)9-12-5-3-7-31-12/h4,6,8,12H,3,5,7,9-10H2,1-2H3,(H2,22,28)(H,23,27)/t12-/m1/s1. The van der Waals surface area contributed by atoms with Crippen LogP contribution in [0.25, 0.3) is 11.6 Å². The van der Waals surface area contributed by atoms with Gasteiger partial charge in [-0.25, -0.2) is 4.79 Å². The molecule has 0 aromatic carbocycles. The fourth-order valence-electron chi connectivity index (χ4n) is 3.62. The number of nitrogens with two attached hydrogens (primary N) is 1. The highest BCUT2D eigenvalue weighted by molar-refractivity contribution is 7.99. The molecule has 0 spiro atoms. The van der Waals surface area contributed by atoms with Crippen LogP contribution in [-0.2, 0) is 20.8 Å². The van der Waals surface area contributed by atoms with Crippen LogP contribution in [-0.4, -0.2) is 58.1 Å². The number of aromatic nitrogens is 3. The van der Waals surface area contributed by atoms with Gasteiger partial charge >= 0.3 is 5.97 Å². The number of methoxy groups -OCH3 is 1. The molecule has 4 heterocycles. The van der Waals surface area contributed by atoms with E-state index in [1.54, 1.807) is 25.3 Å². The first-order chi connectivity index (χ1) is 16.4. The van der Waals surface area contributed by atoms with Crippen LogP contribution in [0, 0.1) is 6.92 Å². The van der Waals surface area contributed by atoms with Crippen molar-refractivity contribution in [3.8, 4) is 11.6 Å². The number of amides is 2. The number of hydrogen-bond donors (Lipinski definition) is 2. The minimum Gasteiger partial charge on any atom is -0.465 e. The lowest BCUT2D eigenvalue weighted by atomic mass is 10.1. The molecular weight excluding hydrogens is 482 g/mol. The second-order valence-corrected chi connectivity index (χ2v) is 9.45. The number of nitrogens with one attached hydrogen (secondary N) is 1. The van der Waals surface area contributed by atoms with Crippen molar-refractivity contribution in [2.24, 2.45) is 5.73 Å². The van der Waals surface area contributed by atoms with Crippen molar-refractivity contribution in [2.45, 2.75) is 37.6 Å². The van der Waals surface area contributed by atoms with Gasteiger partial charge in [0.05, 0.1) is 42.2 Å². The minimum atomic E-state index is -0.685. The second kappa shape index (κ2) is 10.4. The first-order valence-corrected chi connectivity index (χ1v) is 12.2. The van der Waals surface area contributed by atoms with Crippen molar-refractivity contribution in [1.29, 1.82) is 0 Å². The molecule has 0 bridgehead atoms. The largest absolute Gasteiger partial charge is 0.465 e. The molecule has 0 unspecified atom stereocenters. The summed E-state index contributed by atoms with van der Waals surface area (Å²) in [6.07, 6.45) is 3.50. The number of thioether (sulfide) groups is 1. The highest BCUT2D eigenvalue weighted by atomic mass is 32.2. The quantitative estimate of drug-likeness (QED) is 0.330. The maximum atomic E-state index is 12.7. The number of thiophene rings is 1. The molecule has 3 aromatic heterocycles. The van der Waals surface area contributed by atoms with E-state index in [1.165, 1.54) is 18.9 Å². The number of rotatable bonds is 9. The third kappa shape index (κ3) is 5.00. The molecule has 0 saturated carbocycles. The number of carbonyl (C=O) groups excluding carboxylic acids is 3. The summed E-state index contributed by atoms with van der Waals surface area (Å²) in [7, 11) is 1.22. The van der Waals surface area contributed by atoms with Crippen LogP contribution in [0.15, 0.2) is 28.0 Å². The average Bonchev–Trinajstić information content (AvgIpc) is 3.60. The van der Waals surface area contributed by atoms with E-state index in [9.17, 15) is 14.4 Å². The Kier molecular flexibility index (Phi) is 7.34. The predicted octanol–water partition coefficient (Wildman–Crippen LogP) is 2.70. The summed E-state index contributed by atoms with van der Waals surface area (Å²) >= 11 is 2.13. The van der Waals surface area contributed by atoms with Crippen molar-refractivity contribution in [1.82, 2.24) is 14.8 Å². The smallest absolute Gasteiger partial charge is 0.341 e. The van der Waals surface area contributed by atoms with Crippen LogP contribution in [0.3, 0.4) is 0 Å². The van der Waals surface area contributed by atoms with Crippen molar-refractivity contribution in [3.63, 3.8) is 0 Å². The van der Waals surface area contributed by atoms with Crippen LogP contribution >= 0.6 is 23.1 Å². The van der Waals surface area contributed by atoms with E-state index in [2.05, 4.69) is 15.5 Å². The van der Waals surface area contributed by atoms with Gasteiger partial charge in [-0.1, -0.05) is 11.8 Å². The lowest BCUT2D eigenvalue weighted by molar-refractivity contribution is -0.113. The minimum absolute atomic E-state index is 0.00865. The maximum absolute atomic E-state index is 12.7. The number of hydrogen-bond acceptors (Lipinski definition) is 10. The maximum Gasteiger partial charge on any atom is 0.341 e. The molecule has 11 nitrogen and oxygen atoms in total. The Morgan fingerprint density at radius 3 is 2.85 bits per heavy atom. The van der Waals surface area contributed by atoms with Crippen LogP contribution in [0.2, 0.25) is 0 Å². The number of esters is 1. The molecule has 180 valence electrons. The van der Waals surface area contributed by atoms with Gasteiger partial charge in [0.25, 0.3) is 5.91 Å². The third-order valence-corrected chi connectivity index (χ3v) is 7.40. The Hall–Kier alpha value is -3.16. The Balaban J connectivity index is 1.51. The van der Waals surface area contributed by atoms with E-state index >= 15 is 0 Å². The van der Waals surface area contributed by atoms with Gasteiger partial charge in [-0.05, 0) is 37.5 Å². The normalized spacial score (nSPS) is 15.4. The molecule has 34 heavy (non-hydrogen) atoms. The molecule has 0 aliphatic carbocycles. The highest BCUT2D eigenvalue weighted by Gasteiger charge is 2.26. The Bertz CT molecular complexity index is 1200. The lowest BCUT2D eigenvalue weighted by Gasteiger charge is -2.14. The van der Waals surface area contributed by atoms with E-state index in [0.29, 0.717) is 35.5 Å². The van der Waals surface area contributed by atoms with Crippen LogP contribution in [0.5, 0.6) is 0 Å². The fraction of sp³-hybridized carbons (Fsp3) is 0.381. The molecule has 3 N–H and O–H groups in total. The fourth-order valence-corrected chi connectivity index (χ4v) is 5.43. The Labute approximate surface area is 203 Å². The summed E-state index contributed by atoms with van der Waals surface area (Å²) in [4.78, 5) is 36.8. The molecule has 0 radical (unpaired) electrons. The van der Waals surface area contributed by atoms with Gasteiger partial charge < -0.3 is 24.9 Å². The van der Waals surface area contributed by atoms with Gasteiger partial charge in [-0.15, -0.1) is 21.5 Å². The summed E-state index contributed by atoms with van der Waals surface area (Å²) in [5, 5.41) is 11.9. The molecule has 1 aliphatic heterocycles. The summed E-state index contributed by atoms with van der Waals surface area (Å²) in [5.41, 5.74) is 5.88. The number of nitrogens with zero attached hydrogens (tertiary/aromatic N) is 3. The molecule has 1 aliphatic rings. The molecule has 1 atom stereocenters. The Morgan fingerprint density at radius 2 is 2.21 bits per heavy atom. The first kappa shape index (κ1) is 24.0.